The molecule has 2 amide bonds. The van der Waals surface area contributed by atoms with Crippen molar-refractivity contribution in [1.82, 2.24) is 5.32 Å². The van der Waals surface area contributed by atoms with Crippen LogP contribution in [0.5, 0.6) is 5.75 Å². The number of nitrogens with zero attached hydrogens (tertiary/aromatic N) is 1. The maximum absolute atomic E-state index is 11.7. The van der Waals surface area contributed by atoms with E-state index < -0.39 is 0 Å². The number of nitrogens with one attached hydrogen (secondary N) is 1. The summed E-state index contributed by atoms with van der Waals surface area (Å²) in [5.41, 5.74) is 0.772. The molecule has 21 heavy (non-hydrogen) atoms. The molecule has 0 spiro atoms. The number of amides is 2. The Morgan fingerprint density at radius 3 is 2.38 bits per heavy atom. The highest BCUT2D eigenvalue weighted by atomic mass is 16.5. The Kier molecular flexibility index (Phi) is 7.29. The molecule has 1 aromatic rings. The Morgan fingerprint density at radius 2 is 1.86 bits per heavy atom. The van der Waals surface area contributed by atoms with Gasteiger partial charge in [0.05, 0.1) is 6.61 Å². The lowest BCUT2D eigenvalue weighted by molar-refractivity contribution is -0.121. The van der Waals surface area contributed by atoms with Crippen molar-refractivity contribution in [2.75, 3.05) is 24.6 Å². The van der Waals surface area contributed by atoms with Crippen LogP contribution in [0.25, 0.3) is 0 Å². The first kappa shape index (κ1) is 17.0. The lowest BCUT2D eigenvalue weighted by Gasteiger charge is -2.21. The second-order valence-electron chi connectivity index (χ2n) is 4.70. The molecule has 1 aromatic carbocycles. The predicted molar refractivity (Wildman–Crippen MR) is 83.6 cm³/mol. The molecule has 0 aliphatic carbocycles. The molecule has 0 heterocycles. The van der Waals surface area contributed by atoms with Crippen LogP contribution in [-0.4, -0.2) is 31.5 Å². The Hall–Kier alpha value is -2.04. The molecular weight excluding hydrogens is 268 g/mol. The van der Waals surface area contributed by atoms with E-state index in [4.69, 9.17) is 4.74 Å². The molecule has 0 aliphatic heterocycles. The Bertz CT molecular complexity index is 457. The van der Waals surface area contributed by atoms with Crippen LogP contribution in [0, 0.1) is 0 Å². The molecule has 1 N–H and O–H groups in total. The fraction of sp³-hybridized carbons (Fsp3) is 0.500. The van der Waals surface area contributed by atoms with Crippen LogP contribution in [-0.2, 0) is 9.59 Å². The molecule has 1 rings (SSSR count). The zero-order valence-electron chi connectivity index (χ0n) is 13.0. The van der Waals surface area contributed by atoms with Gasteiger partial charge >= 0.3 is 0 Å². The first-order valence-corrected chi connectivity index (χ1v) is 7.36. The van der Waals surface area contributed by atoms with Crippen LogP contribution >= 0.6 is 0 Å². The number of hydrogen-bond acceptors (Lipinski definition) is 3. The van der Waals surface area contributed by atoms with Gasteiger partial charge in [-0.1, -0.05) is 6.92 Å². The van der Waals surface area contributed by atoms with Gasteiger partial charge in [0.2, 0.25) is 11.8 Å². The third-order valence-corrected chi connectivity index (χ3v) is 2.97. The van der Waals surface area contributed by atoms with Crippen LogP contribution in [0.3, 0.4) is 0 Å². The SMILES string of the molecule is CCCNC(=O)CCN(C(C)=O)c1ccc(OCC)cc1. The molecule has 0 radical (unpaired) electrons. The Morgan fingerprint density at radius 1 is 1.19 bits per heavy atom. The highest BCUT2D eigenvalue weighted by Crippen LogP contribution is 2.20. The van der Waals surface area contributed by atoms with Gasteiger partial charge in [-0.05, 0) is 37.6 Å². The Balaban J connectivity index is 2.64. The van der Waals surface area contributed by atoms with Gasteiger partial charge in [-0.25, -0.2) is 0 Å². The van der Waals surface area contributed by atoms with Gasteiger partial charge in [0.1, 0.15) is 5.75 Å². The maximum Gasteiger partial charge on any atom is 0.223 e. The second kappa shape index (κ2) is 9.00. The molecule has 0 aromatic heterocycles. The third-order valence-electron chi connectivity index (χ3n) is 2.97. The van der Waals surface area contributed by atoms with Crippen LogP contribution in [0.4, 0.5) is 5.69 Å². The minimum Gasteiger partial charge on any atom is -0.494 e. The van der Waals surface area contributed by atoms with Crippen molar-refractivity contribution in [2.45, 2.75) is 33.6 Å². The van der Waals surface area contributed by atoms with E-state index in [1.807, 2.05) is 38.1 Å². The average Bonchev–Trinajstić information content (AvgIpc) is 2.47. The largest absolute Gasteiger partial charge is 0.494 e. The second-order valence-corrected chi connectivity index (χ2v) is 4.70. The fourth-order valence-corrected chi connectivity index (χ4v) is 1.92. The van der Waals surface area contributed by atoms with Gasteiger partial charge in [-0.3, -0.25) is 9.59 Å². The number of carbonyl (C=O) groups excluding carboxylic acids is 2. The molecule has 0 unspecified atom stereocenters. The summed E-state index contributed by atoms with van der Waals surface area (Å²) in [7, 11) is 0. The van der Waals surface area contributed by atoms with Gasteiger partial charge < -0.3 is 15.0 Å². The predicted octanol–water partition coefficient (Wildman–Crippen LogP) is 2.35. The molecule has 116 valence electrons. The molecule has 0 aliphatic rings. The summed E-state index contributed by atoms with van der Waals surface area (Å²) < 4.78 is 5.38. The number of carbonyl (C=O) groups is 2. The topological polar surface area (TPSA) is 58.6 Å². The van der Waals surface area contributed by atoms with E-state index in [1.54, 1.807) is 4.90 Å². The average molecular weight is 292 g/mol. The monoisotopic (exact) mass is 292 g/mol. The van der Waals surface area contributed by atoms with E-state index in [0.29, 0.717) is 26.1 Å². The first-order chi connectivity index (χ1) is 10.1. The summed E-state index contributed by atoms with van der Waals surface area (Å²) in [6.07, 6.45) is 1.20. The standard InChI is InChI=1S/C16H24N2O3/c1-4-11-17-16(20)10-12-18(13(3)19)14-6-8-15(9-7-14)21-5-2/h6-9H,4-5,10-12H2,1-3H3,(H,17,20). The summed E-state index contributed by atoms with van der Waals surface area (Å²) in [5.74, 6) is 0.655. The lowest BCUT2D eigenvalue weighted by Crippen LogP contribution is -2.34. The van der Waals surface area contributed by atoms with Crippen molar-refractivity contribution in [1.29, 1.82) is 0 Å². The van der Waals surface area contributed by atoms with Gasteiger partial charge in [0.15, 0.2) is 0 Å². The zero-order valence-corrected chi connectivity index (χ0v) is 13.0. The molecule has 0 saturated heterocycles. The molecule has 5 nitrogen and oxygen atoms in total. The van der Waals surface area contributed by atoms with Crippen LogP contribution < -0.4 is 15.0 Å². The van der Waals surface area contributed by atoms with Crippen LogP contribution in [0.1, 0.15) is 33.6 Å². The summed E-state index contributed by atoms with van der Waals surface area (Å²) in [4.78, 5) is 25.0. The molecule has 0 bridgehead atoms. The summed E-state index contributed by atoms with van der Waals surface area (Å²) in [6.45, 7) is 7.07. The minimum atomic E-state index is -0.0811. The van der Waals surface area contributed by atoms with Crippen LogP contribution in [0.15, 0.2) is 24.3 Å². The quantitative estimate of drug-likeness (QED) is 0.800. The molecule has 0 fully saturated rings. The Labute approximate surface area is 126 Å². The van der Waals surface area contributed by atoms with Crippen molar-refractivity contribution >= 4 is 17.5 Å². The van der Waals surface area contributed by atoms with E-state index in [-0.39, 0.29) is 11.8 Å². The smallest absolute Gasteiger partial charge is 0.223 e. The molecule has 0 atom stereocenters. The van der Waals surface area contributed by atoms with Gasteiger partial charge in [0.25, 0.3) is 0 Å². The number of anilines is 1. The van der Waals surface area contributed by atoms with Crippen LogP contribution in [0.2, 0.25) is 0 Å². The highest BCUT2D eigenvalue weighted by molar-refractivity contribution is 5.92. The summed E-state index contributed by atoms with van der Waals surface area (Å²) in [6, 6.07) is 7.31. The summed E-state index contributed by atoms with van der Waals surface area (Å²) >= 11 is 0. The van der Waals surface area contributed by atoms with Crippen molar-refractivity contribution in [3.05, 3.63) is 24.3 Å². The molecule has 0 saturated carbocycles. The number of rotatable bonds is 8. The summed E-state index contributed by atoms with van der Waals surface area (Å²) in [5, 5.41) is 2.81. The molecular formula is C16H24N2O3. The lowest BCUT2D eigenvalue weighted by atomic mass is 10.2. The highest BCUT2D eigenvalue weighted by Gasteiger charge is 2.13. The van der Waals surface area contributed by atoms with Gasteiger partial charge in [-0.15, -0.1) is 0 Å². The van der Waals surface area contributed by atoms with Crippen molar-refractivity contribution < 1.29 is 14.3 Å². The third kappa shape index (κ3) is 5.85. The van der Waals surface area contributed by atoms with E-state index in [9.17, 15) is 9.59 Å². The van der Waals surface area contributed by atoms with E-state index in [0.717, 1.165) is 17.9 Å². The van der Waals surface area contributed by atoms with Gasteiger partial charge in [0, 0.05) is 32.1 Å². The zero-order chi connectivity index (χ0) is 15.7. The van der Waals surface area contributed by atoms with Crippen molar-refractivity contribution in [3.63, 3.8) is 0 Å². The van der Waals surface area contributed by atoms with E-state index >= 15 is 0 Å². The van der Waals surface area contributed by atoms with E-state index in [2.05, 4.69) is 5.32 Å². The minimum absolute atomic E-state index is 0.0333. The maximum atomic E-state index is 11.7. The number of hydrogen-bond donors (Lipinski definition) is 1. The fourth-order valence-electron chi connectivity index (χ4n) is 1.92. The first-order valence-electron chi connectivity index (χ1n) is 7.36. The van der Waals surface area contributed by atoms with Gasteiger partial charge in [-0.2, -0.15) is 0 Å². The normalized spacial score (nSPS) is 10.0. The van der Waals surface area contributed by atoms with Crippen molar-refractivity contribution in [3.8, 4) is 5.75 Å². The number of ether oxygens (including phenoxy) is 1. The van der Waals surface area contributed by atoms with Crippen molar-refractivity contribution in [2.24, 2.45) is 0 Å². The molecule has 5 heteroatoms. The van der Waals surface area contributed by atoms with E-state index in [1.165, 1.54) is 6.92 Å². The number of benzene rings is 1.